The molecule has 0 aliphatic rings. The van der Waals surface area contributed by atoms with E-state index in [9.17, 15) is 4.79 Å². The van der Waals surface area contributed by atoms with E-state index in [4.69, 9.17) is 16.3 Å². The van der Waals surface area contributed by atoms with Crippen LogP contribution in [0, 0.1) is 0 Å². The van der Waals surface area contributed by atoms with Crippen molar-refractivity contribution < 1.29 is 9.53 Å². The Hall–Kier alpha value is -1.38. The second kappa shape index (κ2) is 4.43. The van der Waals surface area contributed by atoms with Crippen LogP contribution in [0.4, 0.5) is 0 Å². The molecule has 0 bridgehead atoms. The van der Waals surface area contributed by atoms with Crippen molar-refractivity contribution in [2.45, 2.75) is 19.4 Å². The SMILES string of the molecule is COc1nccc(Cl)c1C(C)(C)N=C=O. The quantitative estimate of drug-likeness (QED) is 0.587. The number of aliphatic imine (C=N–C) groups is 1. The standard InChI is InChI=1S/C10H11ClN2O2/c1-10(2,13-6-14)8-7(11)4-5-12-9(8)15-3/h4-5H,1-3H3. The number of methoxy groups -OCH3 is 1. The summed E-state index contributed by atoms with van der Waals surface area (Å²) in [4.78, 5) is 18.0. The van der Waals surface area contributed by atoms with Crippen LogP contribution in [0.1, 0.15) is 19.4 Å². The minimum Gasteiger partial charge on any atom is -0.481 e. The molecule has 0 N–H and O–H groups in total. The molecule has 0 saturated heterocycles. The Balaban J connectivity index is 3.40. The van der Waals surface area contributed by atoms with Gasteiger partial charge in [0.25, 0.3) is 0 Å². The molecule has 0 unspecified atom stereocenters. The Labute approximate surface area is 92.9 Å². The van der Waals surface area contributed by atoms with Crippen LogP contribution in [-0.4, -0.2) is 18.2 Å². The van der Waals surface area contributed by atoms with Crippen LogP contribution < -0.4 is 4.74 Å². The number of carbonyl (C=O) groups excluding carboxylic acids is 1. The zero-order chi connectivity index (χ0) is 11.5. The Morgan fingerprint density at radius 1 is 1.60 bits per heavy atom. The van der Waals surface area contributed by atoms with Crippen LogP contribution in [0.25, 0.3) is 0 Å². The van der Waals surface area contributed by atoms with E-state index in [1.54, 1.807) is 19.9 Å². The third kappa shape index (κ3) is 2.35. The van der Waals surface area contributed by atoms with Gasteiger partial charge in [-0.2, -0.15) is 4.99 Å². The predicted molar refractivity (Wildman–Crippen MR) is 56.9 cm³/mol. The first-order valence-corrected chi connectivity index (χ1v) is 4.68. The molecular weight excluding hydrogens is 216 g/mol. The Morgan fingerprint density at radius 2 is 2.27 bits per heavy atom. The molecule has 0 atom stereocenters. The second-order valence-electron chi connectivity index (χ2n) is 3.44. The lowest BCUT2D eigenvalue weighted by atomic mass is 9.96. The number of rotatable bonds is 3. The molecule has 0 saturated carbocycles. The highest BCUT2D eigenvalue weighted by atomic mass is 35.5. The van der Waals surface area contributed by atoms with E-state index < -0.39 is 5.54 Å². The topological polar surface area (TPSA) is 51.6 Å². The summed E-state index contributed by atoms with van der Waals surface area (Å²) in [7, 11) is 1.49. The monoisotopic (exact) mass is 226 g/mol. The normalized spacial score (nSPS) is 10.7. The number of nitrogens with zero attached hydrogens (tertiary/aromatic N) is 2. The molecule has 1 heterocycles. The maximum absolute atomic E-state index is 10.3. The largest absolute Gasteiger partial charge is 0.481 e. The predicted octanol–water partition coefficient (Wildman–Crippen LogP) is 2.31. The second-order valence-corrected chi connectivity index (χ2v) is 3.85. The molecule has 15 heavy (non-hydrogen) atoms. The molecule has 0 radical (unpaired) electrons. The third-order valence-electron chi connectivity index (χ3n) is 2.00. The number of halogens is 1. The molecule has 1 aromatic rings. The third-order valence-corrected chi connectivity index (χ3v) is 2.31. The lowest BCUT2D eigenvalue weighted by Crippen LogP contribution is -2.16. The van der Waals surface area contributed by atoms with E-state index in [0.717, 1.165) is 0 Å². The molecule has 0 fully saturated rings. The average Bonchev–Trinajstić information content (AvgIpc) is 2.16. The average molecular weight is 227 g/mol. The van der Waals surface area contributed by atoms with Crippen molar-refractivity contribution >= 4 is 17.7 Å². The highest BCUT2D eigenvalue weighted by Gasteiger charge is 2.27. The molecule has 80 valence electrons. The van der Waals surface area contributed by atoms with E-state index in [2.05, 4.69) is 9.98 Å². The zero-order valence-electron chi connectivity index (χ0n) is 8.74. The lowest BCUT2D eigenvalue weighted by Gasteiger charge is -2.21. The molecule has 1 rings (SSSR count). The first-order chi connectivity index (χ1) is 7.03. The van der Waals surface area contributed by atoms with E-state index >= 15 is 0 Å². The summed E-state index contributed by atoms with van der Waals surface area (Å²) in [6, 6.07) is 1.63. The first-order valence-electron chi connectivity index (χ1n) is 4.31. The number of ether oxygens (including phenoxy) is 1. The minimum absolute atomic E-state index is 0.367. The summed E-state index contributed by atoms with van der Waals surface area (Å²) in [5, 5.41) is 0.464. The molecule has 0 aliphatic heterocycles. The molecule has 0 amide bonds. The van der Waals surface area contributed by atoms with Crippen molar-refractivity contribution in [3.05, 3.63) is 22.8 Å². The van der Waals surface area contributed by atoms with Gasteiger partial charge in [0.15, 0.2) is 0 Å². The van der Waals surface area contributed by atoms with Crippen LogP contribution in [-0.2, 0) is 10.3 Å². The highest BCUT2D eigenvalue weighted by molar-refractivity contribution is 6.31. The van der Waals surface area contributed by atoms with Gasteiger partial charge in [0.05, 0.1) is 23.2 Å². The Kier molecular flexibility index (Phi) is 3.45. The van der Waals surface area contributed by atoms with Crippen LogP contribution in [0.2, 0.25) is 5.02 Å². The van der Waals surface area contributed by atoms with Crippen molar-refractivity contribution in [1.82, 2.24) is 4.98 Å². The van der Waals surface area contributed by atoms with Gasteiger partial charge in [-0.1, -0.05) is 11.6 Å². The van der Waals surface area contributed by atoms with Gasteiger partial charge >= 0.3 is 0 Å². The van der Waals surface area contributed by atoms with E-state index in [1.807, 2.05) is 0 Å². The maximum Gasteiger partial charge on any atom is 0.235 e. The fourth-order valence-corrected chi connectivity index (χ4v) is 1.67. The summed E-state index contributed by atoms with van der Waals surface area (Å²) in [6.07, 6.45) is 3.05. The van der Waals surface area contributed by atoms with Gasteiger partial charge in [0.1, 0.15) is 0 Å². The van der Waals surface area contributed by atoms with Crippen molar-refractivity contribution in [3.8, 4) is 5.88 Å². The fraction of sp³-hybridized carbons (Fsp3) is 0.400. The van der Waals surface area contributed by atoms with Crippen molar-refractivity contribution in [2.24, 2.45) is 4.99 Å². The van der Waals surface area contributed by atoms with Gasteiger partial charge in [0, 0.05) is 6.20 Å². The van der Waals surface area contributed by atoms with Crippen molar-refractivity contribution in [2.75, 3.05) is 7.11 Å². The van der Waals surface area contributed by atoms with Gasteiger partial charge in [-0.15, -0.1) is 0 Å². The summed E-state index contributed by atoms with van der Waals surface area (Å²) in [5.41, 5.74) is -0.212. The van der Waals surface area contributed by atoms with E-state index in [1.165, 1.54) is 19.4 Å². The van der Waals surface area contributed by atoms with Crippen LogP contribution in [0.3, 0.4) is 0 Å². The molecule has 5 heteroatoms. The summed E-state index contributed by atoms with van der Waals surface area (Å²) in [5.74, 6) is 0.367. The van der Waals surface area contributed by atoms with Gasteiger partial charge < -0.3 is 4.74 Å². The first kappa shape index (κ1) is 11.7. The molecule has 0 aromatic carbocycles. The Morgan fingerprint density at radius 3 is 2.80 bits per heavy atom. The number of aromatic nitrogens is 1. The van der Waals surface area contributed by atoms with Crippen LogP contribution in [0.15, 0.2) is 17.3 Å². The molecule has 4 nitrogen and oxygen atoms in total. The van der Waals surface area contributed by atoms with E-state index in [0.29, 0.717) is 16.5 Å². The van der Waals surface area contributed by atoms with Crippen LogP contribution in [0.5, 0.6) is 5.88 Å². The van der Waals surface area contributed by atoms with Crippen molar-refractivity contribution in [3.63, 3.8) is 0 Å². The smallest absolute Gasteiger partial charge is 0.235 e. The lowest BCUT2D eigenvalue weighted by molar-refractivity contribution is 0.378. The molecule has 0 aliphatic carbocycles. The maximum atomic E-state index is 10.3. The van der Waals surface area contributed by atoms with Gasteiger partial charge in [-0.05, 0) is 19.9 Å². The molecular formula is C10H11ClN2O2. The zero-order valence-corrected chi connectivity index (χ0v) is 9.50. The van der Waals surface area contributed by atoms with Crippen molar-refractivity contribution in [1.29, 1.82) is 0 Å². The number of isocyanates is 1. The molecule has 0 spiro atoms. The molecule has 1 aromatic heterocycles. The van der Waals surface area contributed by atoms with Gasteiger partial charge in [-0.25, -0.2) is 9.78 Å². The number of hydrogen-bond acceptors (Lipinski definition) is 4. The number of hydrogen-bond donors (Lipinski definition) is 0. The Bertz CT molecular complexity index is 412. The van der Waals surface area contributed by atoms with Gasteiger partial charge in [-0.3, -0.25) is 0 Å². The number of pyridine rings is 1. The summed E-state index contributed by atoms with van der Waals surface area (Å²) >= 11 is 6.02. The van der Waals surface area contributed by atoms with Crippen LogP contribution >= 0.6 is 11.6 Å². The summed E-state index contributed by atoms with van der Waals surface area (Å²) < 4.78 is 5.07. The highest BCUT2D eigenvalue weighted by Crippen LogP contribution is 2.36. The summed E-state index contributed by atoms with van der Waals surface area (Å²) in [6.45, 7) is 3.48. The fourth-order valence-electron chi connectivity index (χ4n) is 1.30. The van der Waals surface area contributed by atoms with Gasteiger partial charge in [0.2, 0.25) is 12.0 Å². The van der Waals surface area contributed by atoms with E-state index in [-0.39, 0.29) is 0 Å². The minimum atomic E-state index is -0.793.